The maximum Gasteiger partial charge on any atom is 0.191 e. The highest BCUT2D eigenvalue weighted by atomic mass is 32.1. The Hall–Kier alpha value is -3.18. The van der Waals surface area contributed by atoms with E-state index in [9.17, 15) is 0 Å². The van der Waals surface area contributed by atoms with E-state index in [0.29, 0.717) is 11.7 Å². The first-order chi connectivity index (χ1) is 13.6. The molecule has 2 N–H and O–H groups in total. The summed E-state index contributed by atoms with van der Waals surface area (Å²) >= 11 is 5.29. The highest BCUT2D eigenvalue weighted by molar-refractivity contribution is 7.80. The van der Waals surface area contributed by atoms with Gasteiger partial charge in [0.1, 0.15) is 12.4 Å². The number of ether oxygens (including phenoxy) is 1. The molecular formula is C23H23N3OS. The lowest BCUT2D eigenvalue weighted by Crippen LogP contribution is -2.24. The molecule has 0 unspecified atom stereocenters. The van der Waals surface area contributed by atoms with Gasteiger partial charge in [-0.15, -0.1) is 0 Å². The quantitative estimate of drug-likeness (QED) is 0.345. The van der Waals surface area contributed by atoms with Gasteiger partial charge in [-0.1, -0.05) is 48.0 Å². The summed E-state index contributed by atoms with van der Waals surface area (Å²) in [7, 11) is 0. The van der Waals surface area contributed by atoms with Crippen molar-refractivity contribution in [3.63, 3.8) is 0 Å². The molecule has 0 aromatic heterocycles. The third kappa shape index (κ3) is 5.93. The van der Waals surface area contributed by atoms with Crippen LogP contribution in [0.1, 0.15) is 22.3 Å². The van der Waals surface area contributed by atoms with E-state index in [2.05, 4.69) is 28.8 Å². The Bertz CT molecular complexity index is 953. The summed E-state index contributed by atoms with van der Waals surface area (Å²) in [4.78, 5) is 0. The Morgan fingerprint density at radius 3 is 2.46 bits per heavy atom. The normalized spacial score (nSPS) is 10.6. The molecule has 0 heterocycles. The van der Waals surface area contributed by atoms with Crippen LogP contribution in [-0.4, -0.2) is 11.3 Å². The number of anilines is 1. The van der Waals surface area contributed by atoms with Gasteiger partial charge in [-0.05, 0) is 73.1 Å². The van der Waals surface area contributed by atoms with E-state index in [4.69, 9.17) is 17.0 Å². The molecule has 0 saturated heterocycles. The van der Waals surface area contributed by atoms with Crippen molar-refractivity contribution in [3.05, 3.63) is 95.1 Å². The monoisotopic (exact) mass is 389 g/mol. The van der Waals surface area contributed by atoms with Gasteiger partial charge in [-0.25, -0.2) is 0 Å². The van der Waals surface area contributed by atoms with Gasteiger partial charge in [0, 0.05) is 5.69 Å². The van der Waals surface area contributed by atoms with Crippen LogP contribution in [0.4, 0.5) is 5.69 Å². The predicted octanol–water partition coefficient (Wildman–Crippen LogP) is 5.20. The van der Waals surface area contributed by atoms with Crippen LogP contribution in [-0.2, 0) is 6.61 Å². The van der Waals surface area contributed by atoms with Crippen LogP contribution in [0.3, 0.4) is 0 Å². The maximum atomic E-state index is 5.78. The third-order valence-corrected chi connectivity index (χ3v) is 4.33. The van der Waals surface area contributed by atoms with E-state index in [1.54, 1.807) is 6.21 Å². The van der Waals surface area contributed by atoms with E-state index in [1.807, 2.05) is 73.7 Å². The van der Waals surface area contributed by atoms with E-state index in [-0.39, 0.29) is 0 Å². The highest BCUT2D eigenvalue weighted by Gasteiger charge is 2.00. The molecular weight excluding hydrogens is 366 g/mol. The number of hydrazone groups is 1. The molecule has 142 valence electrons. The van der Waals surface area contributed by atoms with Crippen LogP contribution in [0.15, 0.2) is 77.9 Å². The SMILES string of the molecule is Cc1ccc(NC(=S)NN=Cc2ccc(OCc3ccccc3)cc2)c(C)c1. The molecule has 0 spiro atoms. The van der Waals surface area contributed by atoms with Crippen molar-refractivity contribution >= 4 is 29.2 Å². The zero-order chi connectivity index (χ0) is 19.8. The van der Waals surface area contributed by atoms with E-state index >= 15 is 0 Å². The van der Waals surface area contributed by atoms with Gasteiger partial charge in [0.2, 0.25) is 0 Å². The van der Waals surface area contributed by atoms with Crippen LogP contribution in [0.25, 0.3) is 0 Å². The zero-order valence-corrected chi connectivity index (χ0v) is 16.8. The van der Waals surface area contributed by atoms with E-state index in [0.717, 1.165) is 28.1 Å². The van der Waals surface area contributed by atoms with Crippen LogP contribution >= 0.6 is 12.2 Å². The summed E-state index contributed by atoms with van der Waals surface area (Å²) in [5, 5.41) is 7.79. The molecule has 5 heteroatoms. The summed E-state index contributed by atoms with van der Waals surface area (Å²) in [5.41, 5.74) is 8.26. The van der Waals surface area contributed by atoms with Gasteiger partial charge in [0.15, 0.2) is 5.11 Å². The Morgan fingerprint density at radius 2 is 1.75 bits per heavy atom. The van der Waals surface area contributed by atoms with E-state index < -0.39 is 0 Å². The molecule has 3 rings (SSSR count). The topological polar surface area (TPSA) is 45.7 Å². The molecule has 0 aliphatic heterocycles. The molecule has 0 bridgehead atoms. The highest BCUT2D eigenvalue weighted by Crippen LogP contribution is 2.16. The summed E-state index contributed by atoms with van der Waals surface area (Å²) in [6.45, 7) is 4.66. The van der Waals surface area contributed by atoms with Crippen molar-refractivity contribution in [1.29, 1.82) is 0 Å². The maximum absolute atomic E-state index is 5.78. The molecule has 28 heavy (non-hydrogen) atoms. The van der Waals surface area contributed by atoms with Gasteiger partial charge in [-0.3, -0.25) is 5.43 Å². The number of benzene rings is 3. The van der Waals surface area contributed by atoms with Gasteiger partial charge >= 0.3 is 0 Å². The summed E-state index contributed by atoms with van der Waals surface area (Å²) < 4.78 is 5.78. The Morgan fingerprint density at radius 1 is 1.00 bits per heavy atom. The van der Waals surface area contributed by atoms with Gasteiger partial charge in [-0.2, -0.15) is 5.10 Å². The number of nitrogens with one attached hydrogen (secondary N) is 2. The van der Waals surface area contributed by atoms with Gasteiger partial charge in [0.05, 0.1) is 6.21 Å². The molecule has 0 aliphatic carbocycles. The second-order valence-corrected chi connectivity index (χ2v) is 6.89. The van der Waals surface area contributed by atoms with Crippen LogP contribution in [0.5, 0.6) is 5.75 Å². The van der Waals surface area contributed by atoms with Crippen LogP contribution < -0.4 is 15.5 Å². The van der Waals surface area contributed by atoms with Crippen molar-refractivity contribution in [2.24, 2.45) is 5.10 Å². The number of thiocarbonyl (C=S) groups is 1. The van der Waals surface area contributed by atoms with Crippen LogP contribution in [0, 0.1) is 13.8 Å². The fourth-order valence-electron chi connectivity index (χ4n) is 2.66. The number of nitrogens with zero attached hydrogens (tertiary/aromatic N) is 1. The molecule has 0 atom stereocenters. The molecule has 0 radical (unpaired) electrons. The van der Waals surface area contributed by atoms with Gasteiger partial charge < -0.3 is 10.1 Å². The lowest BCUT2D eigenvalue weighted by atomic mass is 10.1. The van der Waals surface area contributed by atoms with Crippen LogP contribution in [0.2, 0.25) is 0 Å². The second kappa shape index (κ2) is 9.67. The number of aryl methyl sites for hydroxylation is 2. The lowest BCUT2D eigenvalue weighted by Gasteiger charge is -2.10. The second-order valence-electron chi connectivity index (χ2n) is 6.49. The molecule has 3 aromatic rings. The summed E-state index contributed by atoms with van der Waals surface area (Å²) in [5.74, 6) is 0.820. The number of hydrogen-bond donors (Lipinski definition) is 2. The average Bonchev–Trinajstić information content (AvgIpc) is 2.70. The minimum absolute atomic E-state index is 0.450. The molecule has 3 aromatic carbocycles. The fraction of sp³-hybridized carbons (Fsp3) is 0.130. The molecule has 0 amide bonds. The Balaban J connectivity index is 1.48. The van der Waals surface area contributed by atoms with Crippen molar-refractivity contribution in [2.45, 2.75) is 20.5 Å². The van der Waals surface area contributed by atoms with Crippen molar-refractivity contribution in [3.8, 4) is 5.75 Å². The first kappa shape index (κ1) is 19.6. The van der Waals surface area contributed by atoms with E-state index in [1.165, 1.54) is 5.56 Å². The smallest absolute Gasteiger partial charge is 0.191 e. The average molecular weight is 390 g/mol. The Labute approximate surface area is 171 Å². The minimum atomic E-state index is 0.450. The van der Waals surface area contributed by atoms with Crippen molar-refractivity contribution in [1.82, 2.24) is 5.43 Å². The minimum Gasteiger partial charge on any atom is -0.489 e. The third-order valence-electron chi connectivity index (χ3n) is 4.14. The zero-order valence-electron chi connectivity index (χ0n) is 16.0. The molecule has 0 aliphatic rings. The lowest BCUT2D eigenvalue weighted by molar-refractivity contribution is 0.306. The largest absolute Gasteiger partial charge is 0.489 e. The van der Waals surface area contributed by atoms with Gasteiger partial charge in [0.25, 0.3) is 0 Å². The molecule has 0 saturated carbocycles. The summed E-state index contributed by atoms with van der Waals surface area (Å²) in [6, 6.07) is 24.0. The fourth-order valence-corrected chi connectivity index (χ4v) is 2.82. The summed E-state index contributed by atoms with van der Waals surface area (Å²) in [6.07, 6.45) is 1.72. The van der Waals surface area contributed by atoms with Crippen molar-refractivity contribution in [2.75, 3.05) is 5.32 Å². The predicted molar refractivity (Wildman–Crippen MR) is 120 cm³/mol. The number of rotatable bonds is 6. The molecule has 0 fully saturated rings. The Kier molecular flexibility index (Phi) is 6.76. The number of hydrogen-bond acceptors (Lipinski definition) is 3. The first-order valence-corrected chi connectivity index (χ1v) is 9.45. The van der Waals surface area contributed by atoms with Crippen molar-refractivity contribution < 1.29 is 4.74 Å². The first-order valence-electron chi connectivity index (χ1n) is 9.04. The standard InChI is InChI=1S/C23H23N3OS/c1-17-8-13-22(18(2)14-17)25-23(28)26-24-15-19-9-11-21(12-10-19)27-16-20-6-4-3-5-7-20/h3-15H,16H2,1-2H3,(H2,25,26,28). The molecule has 4 nitrogen and oxygen atoms in total.